The van der Waals surface area contributed by atoms with E-state index in [4.69, 9.17) is 9.40 Å². The Labute approximate surface area is 227 Å². The first-order valence-corrected chi connectivity index (χ1v) is 13.3. The molecule has 0 saturated heterocycles. The molecule has 0 radical (unpaired) electrons. The molecule has 3 nitrogen and oxygen atoms in total. The summed E-state index contributed by atoms with van der Waals surface area (Å²) in [6.45, 7) is 6.60. The highest BCUT2D eigenvalue weighted by Crippen LogP contribution is 2.43. The third-order valence-corrected chi connectivity index (χ3v) is 7.47. The SMILES string of the molecule is CC(C)(C)c1ccc(-c2c3ccccc3c(-c3ccc(-c4nc5ccccc5o4)cc3)c3ccccc23)cn1. The summed E-state index contributed by atoms with van der Waals surface area (Å²) in [6.07, 6.45) is 2.03. The van der Waals surface area contributed by atoms with Crippen molar-refractivity contribution >= 4 is 32.6 Å². The number of aromatic nitrogens is 2. The topological polar surface area (TPSA) is 38.9 Å². The maximum absolute atomic E-state index is 6.02. The van der Waals surface area contributed by atoms with E-state index in [1.165, 1.54) is 32.7 Å². The molecule has 3 heteroatoms. The van der Waals surface area contributed by atoms with Gasteiger partial charge in [0.2, 0.25) is 5.89 Å². The van der Waals surface area contributed by atoms with Crippen molar-refractivity contribution in [1.29, 1.82) is 0 Å². The van der Waals surface area contributed by atoms with E-state index in [1.807, 2.05) is 30.5 Å². The smallest absolute Gasteiger partial charge is 0.227 e. The van der Waals surface area contributed by atoms with E-state index in [0.29, 0.717) is 5.89 Å². The van der Waals surface area contributed by atoms with E-state index in [1.54, 1.807) is 0 Å². The summed E-state index contributed by atoms with van der Waals surface area (Å²) in [5.41, 5.74) is 8.48. The van der Waals surface area contributed by atoms with E-state index < -0.39 is 0 Å². The summed E-state index contributed by atoms with van der Waals surface area (Å²) in [4.78, 5) is 9.54. The first kappa shape index (κ1) is 23.4. The number of hydrogen-bond donors (Lipinski definition) is 0. The van der Waals surface area contributed by atoms with Gasteiger partial charge in [-0.15, -0.1) is 0 Å². The number of nitrogens with zero attached hydrogens (tertiary/aromatic N) is 2. The maximum Gasteiger partial charge on any atom is 0.227 e. The Hall–Kier alpha value is -4.76. The van der Waals surface area contributed by atoms with Crippen LogP contribution in [0.4, 0.5) is 0 Å². The molecule has 0 aliphatic heterocycles. The number of oxazole rings is 1. The molecule has 0 N–H and O–H groups in total. The number of benzene rings is 5. The van der Waals surface area contributed by atoms with Crippen LogP contribution in [-0.2, 0) is 5.41 Å². The summed E-state index contributed by atoms with van der Waals surface area (Å²) in [5, 5.41) is 4.89. The van der Waals surface area contributed by atoms with Crippen LogP contribution in [0.3, 0.4) is 0 Å². The van der Waals surface area contributed by atoms with Gasteiger partial charge in [0, 0.05) is 28.4 Å². The van der Waals surface area contributed by atoms with Gasteiger partial charge in [0.25, 0.3) is 0 Å². The van der Waals surface area contributed by atoms with Gasteiger partial charge in [0.1, 0.15) is 5.52 Å². The fourth-order valence-electron chi connectivity index (χ4n) is 5.51. The van der Waals surface area contributed by atoms with E-state index in [9.17, 15) is 0 Å². The molecule has 39 heavy (non-hydrogen) atoms. The van der Waals surface area contributed by atoms with Crippen molar-refractivity contribution in [2.75, 3.05) is 0 Å². The Balaban J connectivity index is 1.42. The van der Waals surface area contributed by atoms with Gasteiger partial charge in [-0.3, -0.25) is 4.98 Å². The lowest BCUT2D eigenvalue weighted by Gasteiger charge is -2.20. The summed E-state index contributed by atoms with van der Waals surface area (Å²) >= 11 is 0. The summed E-state index contributed by atoms with van der Waals surface area (Å²) in [5.74, 6) is 0.638. The lowest BCUT2D eigenvalue weighted by atomic mass is 9.85. The Morgan fingerprint density at radius 3 is 1.59 bits per heavy atom. The fraction of sp³-hybridized carbons (Fsp3) is 0.111. The van der Waals surface area contributed by atoms with Gasteiger partial charge in [0.05, 0.1) is 0 Å². The van der Waals surface area contributed by atoms with Crippen LogP contribution in [0.25, 0.3) is 66.4 Å². The van der Waals surface area contributed by atoms with Crippen molar-refractivity contribution in [2.45, 2.75) is 26.2 Å². The van der Waals surface area contributed by atoms with Crippen LogP contribution in [0.2, 0.25) is 0 Å². The Bertz CT molecular complexity index is 1880. The highest BCUT2D eigenvalue weighted by atomic mass is 16.3. The Morgan fingerprint density at radius 1 is 0.538 bits per heavy atom. The van der Waals surface area contributed by atoms with Gasteiger partial charge in [-0.2, -0.15) is 0 Å². The molecule has 0 unspecified atom stereocenters. The molecule has 0 bridgehead atoms. The Kier molecular flexibility index (Phi) is 5.34. The molecule has 0 fully saturated rings. The molecule has 7 aromatic rings. The second kappa shape index (κ2) is 8.92. The third kappa shape index (κ3) is 3.98. The number of para-hydroxylation sites is 2. The third-order valence-electron chi connectivity index (χ3n) is 7.47. The molecule has 0 amide bonds. The van der Waals surface area contributed by atoms with Gasteiger partial charge in [-0.1, -0.05) is 99.6 Å². The van der Waals surface area contributed by atoms with Gasteiger partial charge in [-0.05, 0) is 68.6 Å². The number of rotatable bonds is 3. The van der Waals surface area contributed by atoms with Gasteiger partial charge in [0.15, 0.2) is 5.58 Å². The highest BCUT2D eigenvalue weighted by molar-refractivity contribution is 6.21. The molecule has 0 spiro atoms. The van der Waals surface area contributed by atoms with Crippen molar-refractivity contribution in [3.8, 4) is 33.7 Å². The van der Waals surface area contributed by atoms with Crippen LogP contribution in [0.15, 0.2) is 120 Å². The lowest BCUT2D eigenvalue weighted by Crippen LogP contribution is -2.12. The normalized spacial score (nSPS) is 12.0. The van der Waals surface area contributed by atoms with E-state index >= 15 is 0 Å². The Morgan fingerprint density at radius 2 is 1.05 bits per heavy atom. The molecule has 0 saturated carbocycles. The molecular weight excluding hydrogens is 476 g/mol. The van der Waals surface area contributed by atoms with Crippen LogP contribution in [0, 0.1) is 0 Å². The molecule has 0 atom stereocenters. The first-order chi connectivity index (χ1) is 19.0. The van der Waals surface area contributed by atoms with Crippen molar-refractivity contribution < 1.29 is 4.42 Å². The minimum Gasteiger partial charge on any atom is -0.436 e. The van der Waals surface area contributed by atoms with Crippen LogP contribution >= 0.6 is 0 Å². The molecule has 2 aromatic heterocycles. The van der Waals surface area contributed by atoms with Crippen LogP contribution in [0.5, 0.6) is 0 Å². The minimum atomic E-state index is 0.0105. The largest absolute Gasteiger partial charge is 0.436 e. The van der Waals surface area contributed by atoms with Crippen molar-refractivity contribution in [1.82, 2.24) is 9.97 Å². The fourth-order valence-corrected chi connectivity index (χ4v) is 5.51. The predicted molar refractivity (Wildman–Crippen MR) is 162 cm³/mol. The molecule has 188 valence electrons. The lowest BCUT2D eigenvalue weighted by molar-refractivity contribution is 0.569. The van der Waals surface area contributed by atoms with Crippen LogP contribution < -0.4 is 0 Å². The van der Waals surface area contributed by atoms with Crippen LogP contribution in [0.1, 0.15) is 26.5 Å². The molecular formula is C36H28N2O. The van der Waals surface area contributed by atoms with E-state index in [-0.39, 0.29) is 5.41 Å². The molecule has 0 aliphatic rings. The number of hydrogen-bond acceptors (Lipinski definition) is 3. The number of fused-ring (bicyclic) bond motifs is 3. The average Bonchev–Trinajstić information content (AvgIpc) is 3.40. The zero-order valence-corrected chi connectivity index (χ0v) is 22.3. The van der Waals surface area contributed by atoms with Gasteiger partial charge >= 0.3 is 0 Å². The molecule has 2 heterocycles. The van der Waals surface area contributed by atoms with Gasteiger partial charge < -0.3 is 4.42 Å². The average molecular weight is 505 g/mol. The first-order valence-electron chi connectivity index (χ1n) is 13.3. The molecule has 5 aromatic carbocycles. The minimum absolute atomic E-state index is 0.0105. The van der Waals surface area contributed by atoms with Gasteiger partial charge in [-0.25, -0.2) is 4.98 Å². The maximum atomic E-state index is 6.02. The summed E-state index contributed by atoms with van der Waals surface area (Å²) < 4.78 is 6.02. The zero-order chi connectivity index (χ0) is 26.6. The zero-order valence-electron chi connectivity index (χ0n) is 22.3. The summed E-state index contributed by atoms with van der Waals surface area (Å²) in [7, 11) is 0. The van der Waals surface area contributed by atoms with Crippen molar-refractivity contribution in [2.24, 2.45) is 0 Å². The standard InChI is InChI=1S/C36H28N2O/c1-36(2,3)32-21-20-25(22-37-32)34-28-12-6-4-10-26(28)33(27-11-5-7-13-29(27)34)23-16-18-24(19-17-23)35-38-30-14-8-9-15-31(30)39-35/h4-22H,1-3H3. The second-order valence-electron chi connectivity index (χ2n) is 11.1. The molecule has 7 rings (SSSR count). The summed E-state index contributed by atoms with van der Waals surface area (Å²) in [6, 6.07) is 38.2. The van der Waals surface area contributed by atoms with E-state index in [2.05, 4.69) is 111 Å². The second-order valence-corrected chi connectivity index (χ2v) is 11.1. The van der Waals surface area contributed by atoms with Crippen molar-refractivity contribution in [3.63, 3.8) is 0 Å². The molecule has 0 aliphatic carbocycles. The monoisotopic (exact) mass is 504 g/mol. The predicted octanol–water partition coefficient (Wildman–Crippen LogP) is 9.83. The van der Waals surface area contributed by atoms with Crippen molar-refractivity contribution in [3.05, 3.63) is 121 Å². The van der Waals surface area contributed by atoms with E-state index in [0.717, 1.165) is 33.5 Å². The quantitative estimate of drug-likeness (QED) is 0.225. The van der Waals surface area contributed by atoms with Crippen LogP contribution in [-0.4, -0.2) is 9.97 Å². The number of pyridine rings is 1. The highest BCUT2D eigenvalue weighted by Gasteiger charge is 2.19.